The van der Waals surface area contributed by atoms with Crippen LogP contribution in [-0.4, -0.2) is 15.3 Å². The number of rotatable bonds is 5. The first kappa shape index (κ1) is 12.4. The summed E-state index contributed by atoms with van der Waals surface area (Å²) in [6.45, 7) is 3.84. The zero-order valence-corrected chi connectivity index (χ0v) is 9.58. The largest absolute Gasteiger partial charge is 0.328 e. The van der Waals surface area contributed by atoms with Gasteiger partial charge in [0.05, 0.1) is 0 Å². The zero-order valence-electron chi connectivity index (χ0n) is 9.58. The molecule has 0 bridgehead atoms. The number of ketones is 1. The molecule has 1 N–H and O–H groups in total. The number of aromatic amines is 1. The van der Waals surface area contributed by atoms with Crippen molar-refractivity contribution in [1.29, 1.82) is 0 Å². The molecule has 0 unspecified atom stereocenters. The van der Waals surface area contributed by atoms with Gasteiger partial charge in [-0.25, -0.2) is 4.79 Å². The summed E-state index contributed by atoms with van der Waals surface area (Å²) in [6.07, 6.45) is 3.22. The third-order valence-corrected chi connectivity index (χ3v) is 2.39. The molecule has 1 rings (SSSR count). The number of hydrogen-bond donors (Lipinski definition) is 1. The van der Waals surface area contributed by atoms with Crippen LogP contribution < -0.4 is 11.2 Å². The maximum atomic E-state index is 11.4. The van der Waals surface area contributed by atoms with Gasteiger partial charge in [0.25, 0.3) is 5.56 Å². The number of carbonyl (C=O) groups excluding carboxylic acids is 1. The van der Waals surface area contributed by atoms with Crippen LogP contribution in [0.2, 0.25) is 0 Å². The second-order valence-corrected chi connectivity index (χ2v) is 3.77. The molecule has 0 aliphatic heterocycles. The molecule has 88 valence electrons. The molecule has 0 aliphatic rings. The molecule has 16 heavy (non-hydrogen) atoms. The van der Waals surface area contributed by atoms with Crippen LogP contribution in [0.4, 0.5) is 0 Å². The number of nitrogens with one attached hydrogen (secondary N) is 1. The highest BCUT2D eigenvalue weighted by Gasteiger charge is 2.03. The highest BCUT2D eigenvalue weighted by Crippen LogP contribution is 1.95. The lowest BCUT2D eigenvalue weighted by molar-refractivity contribution is -0.117. The van der Waals surface area contributed by atoms with E-state index < -0.39 is 5.69 Å². The number of carbonyl (C=O) groups is 1. The number of H-pyrrole nitrogens is 1. The van der Waals surface area contributed by atoms with E-state index in [-0.39, 0.29) is 11.3 Å². The molecule has 5 nitrogen and oxygen atoms in total. The van der Waals surface area contributed by atoms with Crippen molar-refractivity contribution in [3.8, 4) is 0 Å². The normalized spacial score (nSPS) is 10.4. The quantitative estimate of drug-likeness (QED) is 0.790. The van der Waals surface area contributed by atoms with Gasteiger partial charge in [0.2, 0.25) is 0 Å². The van der Waals surface area contributed by atoms with E-state index in [0.717, 1.165) is 0 Å². The van der Waals surface area contributed by atoms with Crippen molar-refractivity contribution in [3.63, 3.8) is 0 Å². The Bertz CT molecular complexity index is 485. The Morgan fingerprint density at radius 3 is 2.69 bits per heavy atom. The second kappa shape index (κ2) is 5.44. The fourth-order valence-electron chi connectivity index (χ4n) is 1.47. The van der Waals surface area contributed by atoms with Crippen molar-refractivity contribution in [3.05, 3.63) is 32.6 Å². The third-order valence-electron chi connectivity index (χ3n) is 2.39. The SMILES string of the molecule is CCc1cn(CCCC(C)=O)c(=O)[nH]c1=O. The molecule has 1 aromatic heterocycles. The molecule has 0 spiro atoms. The average molecular weight is 224 g/mol. The molecule has 0 saturated carbocycles. The van der Waals surface area contributed by atoms with E-state index in [9.17, 15) is 14.4 Å². The van der Waals surface area contributed by atoms with E-state index >= 15 is 0 Å². The molecule has 0 radical (unpaired) electrons. The van der Waals surface area contributed by atoms with Gasteiger partial charge in [-0.1, -0.05) is 6.92 Å². The lowest BCUT2D eigenvalue weighted by Gasteiger charge is -2.05. The van der Waals surface area contributed by atoms with Gasteiger partial charge in [-0.05, 0) is 19.8 Å². The Kier molecular flexibility index (Phi) is 4.22. The maximum absolute atomic E-state index is 11.4. The van der Waals surface area contributed by atoms with Gasteiger partial charge in [0, 0.05) is 24.7 Å². The molecule has 5 heteroatoms. The minimum atomic E-state index is -0.411. The maximum Gasteiger partial charge on any atom is 0.328 e. The van der Waals surface area contributed by atoms with Crippen LogP contribution in [0.25, 0.3) is 0 Å². The topological polar surface area (TPSA) is 71.9 Å². The number of hydrogen-bond acceptors (Lipinski definition) is 3. The van der Waals surface area contributed by atoms with Crippen LogP contribution in [0.1, 0.15) is 32.3 Å². The van der Waals surface area contributed by atoms with Crippen molar-refractivity contribution in [2.45, 2.75) is 39.7 Å². The molecule has 0 amide bonds. The lowest BCUT2D eigenvalue weighted by Crippen LogP contribution is -2.31. The molecule has 1 heterocycles. The minimum Gasteiger partial charge on any atom is -0.300 e. The van der Waals surface area contributed by atoms with Crippen molar-refractivity contribution in [2.24, 2.45) is 0 Å². The first-order valence-electron chi connectivity index (χ1n) is 5.36. The van der Waals surface area contributed by atoms with E-state index in [1.54, 1.807) is 6.20 Å². The molecular formula is C11H16N2O3. The number of nitrogens with zero attached hydrogens (tertiary/aromatic N) is 1. The molecule has 0 fully saturated rings. The number of aromatic nitrogens is 2. The van der Waals surface area contributed by atoms with Gasteiger partial charge >= 0.3 is 5.69 Å². The van der Waals surface area contributed by atoms with Gasteiger partial charge in [-0.2, -0.15) is 0 Å². The molecule has 1 aromatic rings. The van der Waals surface area contributed by atoms with E-state index in [1.165, 1.54) is 11.5 Å². The minimum absolute atomic E-state index is 0.105. The van der Waals surface area contributed by atoms with Gasteiger partial charge in [0.15, 0.2) is 0 Å². The lowest BCUT2D eigenvalue weighted by atomic mass is 10.2. The molecule has 0 aromatic carbocycles. The number of Topliss-reactive ketones (excluding diaryl/α,β-unsaturated/α-hetero) is 1. The van der Waals surface area contributed by atoms with Gasteiger partial charge in [-0.15, -0.1) is 0 Å². The summed E-state index contributed by atoms with van der Waals surface area (Å²) in [7, 11) is 0. The predicted octanol–water partition coefficient (Wildman–Crippen LogP) is 0.468. The van der Waals surface area contributed by atoms with Gasteiger partial charge < -0.3 is 9.36 Å². The van der Waals surface area contributed by atoms with Crippen molar-refractivity contribution >= 4 is 5.78 Å². The third kappa shape index (κ3) is 3.18. The Labute approximate surface area is 93.1 Å². The molecule has 0 aliphatic carbocycles. The van der Waals surface area contributed by atoms with Crippen molar-refractivity contribution in [1.82, 2.24) is 9.55 Å². The van der Waals surface area contributed by atoms with E-state index in [4.69, 9.17) is 0 Å². The smallest absolute Gasteiger partial charge is 0.300 e. The molecule has 0 saturated heterocycles. The standard InChI is InChI=1S/C11H16N2O3/c1-3-9-7-13(6-4-5-8(2)14)11(16)12-10(9)15/h7H,3-6H2,1-2H3,(H,12,15,16). The highest BCUT2D eigenvalue weighted by molar-refractivity contribution is 5.75. The summed E-state index contributed by atoms with van der Waals surface area (Å²) < 4.78 is 1.45. The average Bonchev–Trinajstić information content (AvgIpc) is 2.20. The van der Waals surface area contributed by atoms with E-state index in [0.29, 0.717) is 31.4 Å². The first-order valence-corrected chi connectivity index (χ1v) is 5.36. The van der Waals surface area contributed by atoms with Crippen LogP contribution >= 0.6 is 0 Å². The Balaban J connectivity index is 2.84. The Hall–Kier alpha value is -1.65. The van der Waals surface area contributed by atoms with Crippen LogP contribution in [0.3, 0.4) is 0 Å². The summed E-state index contributed by atoms with van der Waals surface area (Å²) in [6, 6.07) is 0. The Morgan fingerprint density at radius 2 is 2.12 bits per heavy atom. The zero-order chi connectivity index (χ0) is 12.1. The fraction of sp³-hybridized carbons (Fsp3) is 0.545. The van der Waals surface area contributed by atoms with E-state index in [2.05, 4.69) is 4.98 Å². The molecular weight excluding hydrogens is 208 g/mol. The summed E-state index contributed by atoms with van der Waals surface area (Å²) in [5.41, 5.74) is -0.150. The van der Waals surface area contributed by atoms with Crippen molar-refractivity contribution in [2.75, 3.05) is 0 Å². The van der Waals surface area contributed by atoms with Crippen LogP contribution in [0.15, 0.2) is 15.8 Å². The van der Waals surface area contributed by atoms with Crippen LogP contribution in [0, 0.1) is 0 Å². The Morgan fingerprint density at radius 1 is 1.44 bits per heavy atom. The fourth-order valence-corrected chi connectivity index (χ4v) is 1.47. The van der Waals surface area contributed by atoms with Gasteiger partial charge in [0.1, 0.15) is 5.78 Å². The summed E-state index contributed by atoms with van der Waals surface area (Å²) >= 11 is 0. The molecule has 0 atom stereocenters. The van der Waals surface area contributed by atoms with Gasteiger partial charge in [-0.3, -0.25) is 9.78 Å². The van der Waals surface area contributed by atoms with E-state index in [1.807, 2.05) is 6.92 Å². The monoisotopic (exact) mass is 224 g/mol. The first-order chi connectivity index (χ1) is 7.54. The second-order valence-electron chi connectivity index (χ2n) is 3.77. The van der Waals surface area contributed by atoms with Crippen LogP contribution in [-0.2, 0) is 17.8 Å². The summed E-state index contributed by atoms with van der Waals surface area (Å²) in [4.78, 5) is 35.7. The number of aryl methyl sites for hydroxylation is 2. The van der Waals surface area contributed by atoms with Crippen LogP contribution in [0.5, 0.6) is 0 Å². The highest BCUT2D eigenvalue weighted by atomic mass is 16.2. The van der Waals surface area contributed by atoms with Crippen molar-refractivity contribution < 1.29 is 4.79 Å². The predicted molar refractivity (Wildman–Crippen MR) is 60.6 cm³/mol. The summed E-state index contributed by atoms with van der Waals surface area (Å²) in [5, 5.41) is 0. The summed E-state index contributed by atoms with van der Waals surface area (Å²) in [5.74, 6) is 0.105.